The number of benzene rings is 2. The summed E-state index contributed by atoms with van der Waals surface area (Å²) in [5.74, 6) is 1.23. The van der Waals surface area contributed by atoms with Crippen molar-refractivity contribution in [3.8, 4) is 5.75 Å². The summed E-state index contributed by atoms with van der Waals surface area (Å²) in [4.78, 5) is 4.55. The lowest BCUT2D eigenvalue weighted by molar-refractivity contribution is 0.475. The third-order valence-electron chi connectivity index (χ3n) is 3.52. The van der Waals surface area contributed by atoms with Gasteiger partial charge >= 0.3 is 0 Å². The van der Waals surface area contributed by atoms with Gasteiger partial charge in [-0.05, 0) is 31.5 Å². The highest BCUT2D eigenvalue weighted by Crippen LogP contribution is 2.27. The smallest absolute Gasteiger partial charge is 0.117 e. The second kappa shape index (κ2) is 4.43. The summed E-state index contributed by atoms with van der Waals surface area (Å²) in [6.45, 7) is 4.14. The number of phenols is 1. The summed E-state index contributed by atoms with van der Waals surface area (Å²) in [6, 6.07) is 15.8. The second-order valence-electron chi connectivity index (χ2n) is 4.79. The number of phenolic OH excluding ortho intramolecular Hbond substituents is 1. The fourth-order valence-electron chi connectivity index (χ4n) is 2.57. The van der Waals surface area contributed by atoms with Crippen molar-refractivity contribution in [1.29, 1.82) is 0 Å². The predicted octanol–water partition coefficient (Wildman–Crippen LogP) is 3.66. The second-order valence-corrected chi connectivity index (χ2v) is 4.79. The van der Waals surface area contributed by atoms with E-state index in [4.69, 9.17) is 0 Å². The highest BCUT2D eigenvalue weighted by molar-refractivity contribution is 5.78. The SMILES string of the molecule is Cc1nc2ccc(O)cc2n1C(C)c1ccccc1. The molecule has 0 aliphatic carbocycles. The van der Waals surface area contributed by atoms with Gasteiger partial charge in [-0.3, -0.25) is 0 Å². The molecule has 3 rings (SSSR count). The van der Waals surface area contributed by atoms with Crippen molar-refractivity contribution in [2.45, 2.75) is 19.9 Å². The highest BCUT2D eigenvalue weighted by Gasteiger charge is 2.14. The number of rotatable bonds is 2. The fraction of sp³-hybridized carbons (Fsp3) is 0.188. The van der Waals surface area contributed by atoms with Crippen molar-refractivity contribution in [3.05, 3.63) is 59.9 Å². The Morgan fingerprint density at radius 2 is 1.84 bits per heavy atom. The molecule has 3 nitrogen and oxygen atoms in total. The van der Waals surface area contributed by atoms with Crippen LogP contribution in [0, 0.1) is 6.92 Å². The molecule has 0 amide bonds. The summed E-state index contributed by atoms with van der Waals surface area (Å²) in [6.07, 6.45) is 0. The summed E-state index contributed by atoms with van der Waals surface area (Å²) in [5.41, 5.74) is 3.11. The van der Waals surface area contributed by atoms with E-state index in [2.05, 4.69) is 28.6 Å². The molecule has 1 unspecified atom stereocenters. The minimum Gasteiger partial charge on any atom is -0.508 e. The van der Waals surface area contributed by atoms with Crippen LogP contribution in [0.1, 0.15) is 24.4 Å². The van der Waals surface area contributed by atoms with E-state index < -0.39 is 0 Å². The Balaban J connectivity index is 2.19. The monoisotopic (exact) mass is 252 g/mol. The Morgan fingerprint density at radius 3 is 2.58 bits per heavy atom. The molecule has 2 aromatic carbocycles. The molecule has 3 aromatic rings. The lowest BCUT2D eigenvalue weighted by Crippen LogP contribution is -2.08. The van der Waals surface area contributed by atoms with E-state index in [0.717, 1.165) is 16.9 Å². The number of nitrogens with zero attached hydrogens (tertiary/aromatic N) is 2. The van der Waals surface area contributed by atoms with Gasteiger partial charge in [-0.2, -0.15) is 0 Å². The molecular weight excluding hydrogens is 236 g/mol. The molecule has 1 heterocycles. The Labute approximate surface area is 112 Å². The van der Waals surface area contributed by atoms with Crippen molar-refractivity contribution in [1.82, 2.24) is 9.55 Å². The van der Waals surface area contributed by atoms with E-state index in [0.29, 0.717) is 0 Å². The zero-order chi connectivity index (χ0) is 13.4. The average Bonchev–Trinajstić information content (AvgIpc) is 2.74. The Bertz CT molecular complexity index is 716. The van der Waals surface area contributed by atoms with Gasteiger partial charge in [0.1, 0.15) is 11.6 Å². The van der Waals surface area contributed by atoms with E-state index in [1.165, 1.54) is 5.56 Å². The van der Waals surface area contributed by atoms with Crippen molar-refractivity contribution < 1.29 is 5.11 Å². The molecule has 0 saturated carbocycles. The minimum absolute atomic E-state index is 0.188. The lowest BCUT2D eigenvalue weighted by Gasteiger charge is -2.17. The molecule has 0 bridgehead atoms. The van der Waals surface area contributed by atoms with E-state index in [1.54, 1.807) is 12.1 Å². The first-order valence-corrected chi connectivity index (χ1v) is 6.39. The molecule has 0 spiro atoms. The van der Waals surface area contributed by atoms with Gasteiger partial charge in [0.15, 0.2) is 0 Å². The Hall–Kier alpha value is -2.29. The molecule has 0 aliphatic heterocycles. The van der Waals surface area contributed by atoms with Crippen LogP contribution in [-0.2, 0) is 0 Å². The maximum atomic E-state index is 9.68. The van der Waals surface area contributed by atoms with Gasteiger partial charge in [0.05, 0.1) is 17.1 Å². The average molecular weight is 252 g/mol. The van der Waals surface area contributed by atoms with Crippen LogP contribution < -0.4 is 0 Å². The number of hydrogen-bond acceptors (Lipinski definition) is 2. The van der Waals surface area contributed by atoms with E-state index in [-0.39, 0.29) is 11.8 Å². The van der Waals surface area contributed by atoms with E-state index in [9.17, 15) is 5.11 Å². The topological polar surface area (TPSA) is 38.1 Å². The molecule has 0 aliphatic rings. The third-order valence-corrected chi connectivity index (χ3v) is 3.52. The van der Waals surface area contributed by atoms with E-state index in [1.807, 2.05) is 31.2 Å². The lowest BCUT2D eigenvalue weighted by atomic mass is 10.1. The maximum Gasteiger partial charge on any atom is 0.117 e. The van der Waals surface area contributed by atoms with Crippen LogP contribution in [0.2, 0.25) is 0 Å². The Morgan fingerprint density at radius 1 is 1.11 bits per heavy atom. The van der Waals surface area contributed by atoms with Crippen LogP contribution in [0.4, 0.5) is 0 Å². The zero-order valence-corrected chi connectivity index (χ0v) is 11.0. The maximum absolute atomic E-state index is 9.68. The number of imidazole rings is 1. The van der Waals surface area contributed by atoms with Crippen molar-refractivity contribution in [2.75, 3.05) is 0 Å². The first-order chi connectivity index (χ1) is 9.16. The largest absolute Gasteiger partial charge is 0.508 e. The van der Waals surface area contributed by atoms with Crippen LogP contribution in [0.15, 0.2) is 48.5 Å². The van der Waals surface area contributed by atoms with Crippen LogP contribution in [-0.4, -0.2) is 14.7 Å². The van der Waals surface area contributed by atoms with Crippen LogP contribution >= 0.6 is 0 Å². The fourth-order valence-corrected chi connectivity index (χ4v) is 2.57. The molecule has 3 heteroatoms. The van der Waals surface area contributed by atoms with Gasteiger partial charge in [-0.25, -0.2) is 4.98 Å². The van der Waals surface area contributed by atoms with Crippen LogP contribution in [0.5, 0.6) is 5.75 Å². The summed E-state index contributed by atoms with van der Waals surface area (Å²) in [5, 5.41) is 9.68. The molecule has 1 aromatic heterocycles. The van der Waals surface area contributed by atoms with Crippen molar-refractivity contribution in [2.24, 2.45) is 0 Å². The minimum atomic E-state index is 0.188. The normalized spacial score (nSPS) is 12.7. The Kier molecular flexibility index (Phi) is 2.75. The van der Waals surface area contributed by atoms with Crippen LogP contribution in [0.25, 0.3) is 11.0 Å². The highest BCUT2D eigenvalue weighted by atomic mass is 16.3. The number of fused-ring (bicyclic) bond motifs is 1. The van der Waals surface area contributed by atoms with Gasteiger partial charge < -0.3 is 9.67 Å². The van der Waals surface area contributed by atoms with Gasteiger partial charge in [-0.1, -0.05) is 30.3 Å². The summed E-state index contributed by atoms with van der Waals surface area (Å²) in [7, 11) is 0. The molecule has 0 saturated heterocycles. The van der Waals surface area contributed by atoms with Gasteiger partial charge in [-0.15, -0.1) is 0 Å². The van der Waals surface area contributed by atoms with Crippen molar-refractivity contribution >= 4 is 11.0 Å². The predicted molar refractivity (Wildman–Crippen MR) is 76.4 cm³/mol. The van der Waals surface area contributed by atoms with E-state index >= 15 is 0 Å². The molecule has 96 valence electrons. The molecule has 1 atom stereocenters. The van der Waals surface area contributed by atoms with Crippen molar-refractivity contribution in [3.63, 3.8) is 0 Å². The number of aryl methyl sites for hydroxylation is 1. The molecular formula is C16H16N2O. The third kappa shape index (κ3) is 1.97. The molecule has 19 heavy (non-hydrogen) atoms. The quantitative estimate of drug-likeness (QED) is 0.755. The number of aromatic nitrogens is 2. The first-order valence-electron chi connectivity index (χ1n) is 6.39. The molecule has 0 radical (unpaired) electrons. The van der Waals surface area contributed by atoms with Gasteiger partial charge in [0.2, 0.25) is 0 Å². The molecule has 0 fully saturated rings. The van der Waals surface area contributed by atoms with Gasteiger partial charge in [0, 0.05) is 6.07 Å². The number of hydrogen-bond donors (Lipinski definition) is 1. The van der Waals surface area contributed by atoms with Gasteiger partial charge in [0.25, 0.3) is 0 Å². The standard InChI is InChI=1S/C16H16N2O/c1-11(13-6-4-3-5-7-13)18-12(2)17-15-9-8-14(19)10-16(15)18/h3-11,19H,1-2H3. The summed E-state index contributed by atoms with van der Waals surface area (Å²) >= 11 is 0. The first kappa shape index (κ1) is 11.8. The number of aromatic hydroxyl groups is 1. The van der Waals surface area contributed by atoms with Crippen LogP contribution in [0.3, 0.4) is 0 Å². The molecule has 1 N–H and O–H groups in total. The summed E-state index contributed by atoms with van der Waals surface area (Å²) < 4.78 is 2.16. The zero-order valence-electron chi connectivity index (χ0n) is 11.0.